The van der Waals surface area contributed by atoms with Crippen molar-refractivity contribution >= 4 is 29.9 Å². The molecule has 2 rings (SSSR count). The van der Waals surface area contributed by atoms with Gasteiger partial charge in [0.05, 0.1) is 19.8 Å². The van der Waals surface area contributed by atoms with Crippen molar-refractivity contribution < 1.29 is 13.5 Å². The van der Waals surface area contributed by atoms with Crippen molar-refractivity contribution in [1.29, 1.82) is 0 Å². The van der Waals surface area contributed by atoms with Crippen LogP contribution in [0.15, 0.2) is 23.2 Å². The Balaban J connectivity index is 0.00000392. The fourth-order valence-electron chi connectivity index (χ4n) is 3.23. The topological polar surface area (TPSA) is 48.9 Å². The zero-order valence-electron chi connectivity index (χ0n) is 17.0. The fraction of sp³-hybridized carbons (Fsp3) is 0.650. The van der Waals surface area contributed by atoms with E-state index in [1.807, 2.05) is 6.92 Å². The standard InChI is InChI=1S/C20H32F2N4O.HI/c1-4-23-20(24-8-7-16-13-17(21)5-6-18(16)22)25-14-19(15(2)3)26-9-11-27-12-10-26;/h5-6,13,15,19H,4,7-12,14H2,1-3H3,(H2,23,24,25);1H. The van der Waals surface area contributed by atoms with E-state index >= 15 is 0 Å². The zero-order chi connectivity index (χ0) is 19.6. The smallest absolute Gasteiger partial charge is 0.191 e. The van der Waals surface area contributed by atoms with Crippen molar-refractivity contribution in [2.24, 2.45) is 10.9 Å². The summed E-state index contributed by atoms with van der Waals surface area (Å²) in [5.74, 6) is 0.383. The normalized spacial score (nSPS) is 16.6. The lowest BCUT2D eigenvalue weighted by Crippen LogP contribution is -2.48. The first-order valence-electron chi connectivity index (χ1n) is 9.79. The van der Waals surface area contributed by atoms with E-state index in [1.165, 1.54) is 12.1 Å². The Bertz CT molecular complexity index is 610. The molecule has 1 aromatic rings. The highest BCUT2D eigenvalue weighted by Gasteiger charge is 2.23. The molecule has 0 saturated carbocycles. The Kier molecular flexibility index (Phi) is 11.9. The molecular formula is C20H33F2IN4O. The van der Waals surface area contributed by atoms with Crippen molar-refractivity contribution in [3.63, 3.8) is 0 Å². The van der Waals surface area contributed by atoms with E-state index in [0.29, 0.717) is 43.0 Å². The van der Waals surface area contributed by atoms with Crippen LogP contribution in [-0.4, -0.2) is 62.8 Å². The number of rotatable bonds is 8. The summed E-state index contributed by atoms with van der Waals surface area (Å²) in [7, 11) is 0. The van der Waals surface area contributed by atoms with E-state index in [4.69, 9.17) is 9.73 Å². The minimum absolute atomic E-state index is 0. The molecule has 0 bridgehead atoms. The molecule has 1 aliphatic heterocycles. The summed E-state index contributed by atoms with van der Waals surface area (Å²) in [5.41, 5.74) is 0.367. The van der Waals surface area contributed by atoms with E-state index in [0.717, 1.165) is 38.9 Å². The monoisotopic (exact) mass is 510 g/mol. The molecule has 0 aromatic heterocycles. The summed E-state index contributed by atoms with van der Waals surface area (Å²) in [4.78, 5) is 7.16. The van der Waals surface area contributed by atoms with E-state index < -0.39 is 5.82 Å². The molecule has 8 heteroatoms. The summed E-state index contributed by atoms with van der Waals surface area (Å²) in [6.45, 7) is 11.7. The van der Waals surface area contributed by atoms with Gasteiger partial charge in [0.25, 0.3) is 0 Å². The van der Waals surface area contributed by atoms with Gasteiger partial charge in [-0.1, -0.05) is 13.8 Å². The van der Waals surface area contributed by atoms with Gasteiger partial charge >= 0.3 is 0 Å². The van der Waals surface area contributed by atoms with Crippen LogP contribution < -0.4 is 10.6 Å². The van der Waals surface area contributed by atoms with E-state index in [1.54, 1.807) is 0 Å². The summed E-state index contributed by atoms with van der Waals surface area (Å²) in [6, 6.07) is 3.90. The Morgan fingerprint density at radius 2 is 1.93 bits per heavy atom. The molecule has 5 nitrogen and oxygen atoms in total. The van der Waals surface area contributed by atoms with Gasteiger partial charge in [-0.15, -0.1) is 24.0 Å². The largest absolute Gasteiger partial charge is 0.379 e. The van der Waals surface area contributed by atoms with E-state index in [9.17, 15) is 8.78 Å². The van der Waals surface area contributed by atoms with Gasteiger partial charge < -0.3 is 15.4 Å². The number of ether oxygens (including phenoxy) is 1. The summed E-state index contributed by atoms with van der Waals surface area (Å²) in [5, 5.41) is 6.44. The molecule has 1 unspecified atom stereocenters. The summed E-state index contributed by atoms with van der Waals surface area (Å²) < 4.78 is 32.5. The maximum absolute atomic E-state index is 13.7. The molecule has 1 heterocycles. The highest BCUT2D eigenvalue weighted by Crippen LogP contribution is 2.13. The molecule has 1 saturated heterocycles. The third-order valence-electron chi connectivity index (χ3n) is 4.76. The predicted octanol–water partition coefficient (Wildman–Crippen LogP) is 3.04. The van der Waals surface area contributed by atoms with Crippen molar-refractivity contribution in [2.45, 2.75) is 33.2 Å². The van der Waals surface area contributed by atoms with Crippen LogP contribution in [0.25, 0.3) is 0 Å². The molecule has 160 valence electrons. The number of nitrogens with one attached hydrogen (secondary N) is 2. The van der Waals surface area contributed by atoms with Gasteiger partial charge in [-0.25, -0.2) is 8.78 Å². The first-order valence-corrected chi connectivity index (χ1v) is 9.79. The number of aliphatic imine (C=N–C) groups is 1. The van der Waals surface area contributed by atoms with Gasteiger partial charge in [-0.3, -0.25) is 9.89 Å². The van der Waals surface area contributed by atoms with Crippen LogP contribution in [0.2, 0.25) is 0 Å². The quantitative estimate of drug-likeness (QED) is 0.321. The number of hydrogen-bond donors (Lipinski definition) is 2. The second-order valence-electron chi connectivity index (χ2n) is 7.09. The molecule has 0 spiro atoms. The second kappa shape index (κ2) is 13.3. The van der Waals surface area contributed by atoms with Gasteiger partial charge in [-0.05, 0) is 43.0 Å². The molecular weight excluding hydrogens is 477 g/mol. The first kappa shape index (κ1) is 25.0. The van der Waals surface area contributed by atoms with Gasteiger partial charge in [0, 0.05) is 32.2 Å². The lowest BCUT2D eigenvalue weighted by Gasteiger charge is -2.36. The van der Waals surface area contributed by atoms with Crippen LogP contribution in [-0.2, 0) is 11.2 Å². The van der Waals surface area contributed by atoms with Crippen molar-refractivity contribution in [2.75, 3.05) is 45.9 Å². The average Bonchev–Trinajstić information content (AvgIpc) is 2.65. The van der Waals surface area contributed by atoms with Crippen LogP contribution in [0, 0.1) is 17.6 Å². The number of hydrogen-bond acceptors (Lipinski definition) is 3. The third-order valence-corrected chi connectivity index (χ3v) is 4.76. The first-order chi connectivity index (χ1) is 13.0. The van der Waals surface area contributed by atoms with E-state index in [2.05, 4.69) is 29.4 Å². The number of guanidine groups is 1. The molecule has 0 radical (unpaired) electrons. The molecule has 2 N–H and O–H groups in total. The summed E-state index contributed by atoms with van der Waals surface area (Å²) in [6.07, 6.45) is 0.394. The number of nitrogens with zero attached hydrogens (tertiary/aromatic N) is 2. The molecule has 1 fully saturated rings. The number of benzene rings is 1. The highest BCUT2D eigenvalue weighted by atomic mass is 127. The molecule has 1 aliphatic rings. The van der Waals surface area contributed by atoms with Crippen LogP contribution in [0.1, 0.15) is 26.3 Å². The zero-order valence-corrected chi connectivity index (χ0v) is 19.3. The van der Waals surface area contributed by atoms with Gasteiger partial charge in [0.1, 0.15) is 11.6 Å². The lowest BCUT2D eigenvalue weighted by atomic mass is 10.0. The fourth-order valence-corrected chi connectivity index (χ4v) is 3.23. The average molecular weight is 510 g/mol. The Labute approximate surface area is 184 Å². The SMILES string of the molecule is CCNC(=NCC(C(C)C)N1CCOCC1)NCCc1cc(F)ccc1F.I. The summed E-state index contributed by atoms with van der Waals surface area (Å²) >= 11 is 0. The Morgan fingerprint density at radius 1 is 1.21 bits per heavy atom. The maximum Gasteiger partial charge on any atom is 0.191 e. The van der Waals surface area contributed by atoms with E-state index in [-0.39, 0.29) is 29.8 Å². The molecule has 1 atom stereocenters. The van der Waals surface area contributed by atoms with Crippen LogP contribution >= 0.6 is 24.0 Å². The van der Waals surface area contributed by atoms with Gasteiger partial charge in [0.15, 0.2) is 5.96 Å². The minimum atomic E-state index is -0.419. The minimum Gasteiger partial charge on any atom is -0.379 e. The van der Waals surface area contributed by atoms with Crippen LogP contribution in [0.5, 0.6) is 0 Å². The van der Waals surface area contributed by atoms with Crippen LogP contribution in [0.4, 0.5) is 8.78 Å². The lowest BCUT2D eigenvalue weighted by molar-refractivity contribution is 0.00867. The van der Waals surface area contributed by atoms with Crippen LogP contribution in [0.3, 0.4) is 0 Å². The molecule has 0 amide bonds. The molecule has 28 heavy (non-hydrogen) atoms. The Morgan fingerprint density at radius 3 is 2.57 bits per heavy atom. The Hall–Kier alpha value is -1.00. The predicted molar refractivity (Wildman–Crippen MR) is 120 cm³/mol. The highest BCUT2D eigenvalue weighted by molar-refractivity contribution is 14.0. The maximum atomic E-state index is 13.7. The second-order valence-corrected chi connectivity index (χ2v) is 7.09. The van der Waals surface area contributed by atoms with Crippen molar-refractivity contribution in [3.05, 3.63) is 35.4 Å². The van der Waals surface area contributed by atoms with Gasteiger partial charge in [0.2, 0.25) is 0 Å². The van der Waals surface area contributed by atoms with Crippen molar-refractivity contribution in [3.8, 4) is 0 Å². The van der Waals surface area contributed by atoms with Crippen molar-refractivity contribution in [1.82, 2.24) is 15.5 Å². The molecule has 0 aliphatic carbocycles. The third kappa shape index (κ3) is 8.16. The van der Waals surface area contributed by atoms with Gasteiger partial charge in [-0.2, -0.15) is 0 Å². The number of halogens is 3. The molecule has 1 aromatic carbocycles. The number of morpholine rings is 1.